The van der Waals surface area contributed by atoms with E-state index in [1.807, 2.05) is 24.3 Å². The normalized spacial score (nSPS) is 15.6. The third kappa shape index (κ3) is 3.87. The fraction of sp³-hybridized carbons (Fsp3) is 0.333. The molecule has 0 saturated heterocycles. The summed E-state index contributed by atoms with van der Waals surface area (Å²) in [5, 5.41) is 9.43. The van der Waals surface area contributed by atoms with E-state index in [0.717, 1.165) is 11.3 Å². The van der Waals surface area contributed by atoms with Gasteiger partial charge in [0.15, 0.2) is 5.78 Å². The third-order valence-corrected chi connectivity index (χ3v) is 4.64. The molecule has 0 spiro atoms. The van der Waals surface area contributed by atoms with E-state index in [4.69, 9.17) is 4.74 Å². The van der Waals surface area contributed by atoms with Gasteiger partial charge < -0.3 is 14.7 Å². The van der Waals surface area contributed by atoms with E-state index < -0.39 is 0 Å². The molecule has 136 valence electrons. The van der Waals surface area contributed by atoms with Gasteiger partial charge in [-0.25, -0.2) is 0 Å². The zero-order valence-electron chi connectivity index (χ0n) is 14.9. The number of hydrogen-bond donors (Lipinski definition) is 1. The highest BCUT2D eigenvalue weighted by molar-refractivity contribution is 6.03. The lowest BCUT2D eigenvalue weighted by Gasteiger charge is -2.19. The average molecular weight is 353 g/mol. The van der Waals surface area contributed by atoms with E-state index in [2.05, 4.69) is 4.90 Å². The molecular weight excluding hydrogens is 330 g/mol. The summed E-state index contributed by atoms with van der Waals surface area (Å²) in [4.78, 5) is 26.6. The highest BCUT2D eigenvalue weighted by atomic mass is 16.5. The number of benzene rings is 2. The number of rotatable bonds is 7. The van der Waals surface area contributed by atoms with E-state index in [1.165, 1.54) is 12.1 Å². The molecule has 0 aromatic heterocycles. The molecule has 0 fully saturated rings. The molecule has 0 aliphatic carbocycles. The fourth-order valence-corrected chi connectivity index (χ4v) is 3.40. The first-order chi connectivity index (χ1) is 12.6. The molecule has 0 bridgehead atoms. The SMILES string of the molecule is CCOC(=O)CCCN1CC(C(=O)c2ccc(O)cc2)c2ccccc21. The molecule has 2 aromatic rings. The Bertz CT molecular complexity index is 785. The summed E-state index contributed by atoms with van der Waals surface area (Å²) < 4.78 is 4.97. The van der Waals surface area contributed by atoms with Gasteiger partial charge in [0.25, 0.3) is 0 Å². The first-order valence-corrected chi connectivity index (χ1v) is 8.93. The standard InChI is InChI=1S/C21H23NO4/c1-2-26-20(24)8-5-13-22-14-18(17-6-3-4-7-19(17)22)21(25)15-9-11-16(23)12-10-15/h3-4,6-7,9-12,18,23H,2,5,8,13-14H2,1H3. The van der Waals surface area contributed by atoms with Crippen molar-refractivity contribution in [2.75, 3.05) is 24.6 Å². The Morgan fingerprint density at radius 2 is 1.88 bits per heavy atom. The molecule has 5 heteroatoms. The van der Waals surface area contributed by atoms with Crippen LogP contribution in [0.4, 0.5) is 5.69 Å². The molecule has 26 heavy (non-hydrogen) atoms. The number of phenols is 1. The van der Waals surface area contributed by atoms with Gasteiger partial charge in [-0.1, -0.05) is 18.2 Å². The predicted molar refractivity (Wildman–Crippen MR) is 99.7 cm³/mol. The summed E-state index contributed by atoms with van der Waals surface area (Å²) in [6.07, 6.45) is 1.07. The van der Waals surface area contributed by atoms with Gasteiger partial charge in [-0.3, -0.25) is 9.59 Å². The van der Waals surface area contributed by atoms with Crippen LogP contribution in [0.1, 0.15) is 41.6 Å². The van der Waals surface area contributed by atoms with Crippen LogP contribution in [0.2, 0.25) is 0 Å². The van der Waals surface area contributed by atoms with Crippen LogP contribution in [0.15, 0.2) is 48.5 Å². The maximum absolute atomic E-state index is 13.0. The van der Waals surface area contributed by atoms with Crippen molar-refractivity contribution in [1.29, 1.82) is 0 Å². The van der Waals surface area contributed by atoms with Gasteiger partial charge >= 0.3 is 5.97 Å². The minimum absolute atomic E-state index is 0.0466. The maximum Gasteiger partial charge on any atom is 0.305 e. The van der Waals surface area contributed by atoms with Crippen LogP contribution in [0.5, 0.6) is 5.75 Å². The molecule has 1 unspecified atom stereocenters. The summed E-state index contributed by atoms with van der Waals surface area (Å²) >= 11 is 0. The van der Waals surface area contributed by atoms with Crippen molar-refractivity contribution in [2.24, 2.45) is 0 Å². The summed E-state index contributed by atoms with van der Waals surface area (Å²) in [5.41, 5.74) is 2.66. The number of para-hydroxylation sites is 1. The second-order valence-corrected chi connectivity index (χ2v) is 6.38. The molecule has 5 nitrogen and oxygen atoms in total. The third-order valence-electron chi connectivity index (χ3n) is 4.64. The zero-order valence-corrected chi connectivity index (χ0v) is 14.9. The minimum atomic E-state index is -0.238. The van der Waals surface area contributed by atoms with Crippen LogP contribution < -0.4 is 4.90 Å². The Balaban J connectivity index is 1.72. The lowest BCUT2D eigenvalue weighted by molar-refractivity contribution is -0.143. The lowest BCUT2D eigenvalue weighted by Crippen LogP contribution is -2.26. The summed E-state index contributed by atoms with van der Waals surface area (Å²) in [6, 6.07) is 14.3. The van der Waals surface area contributed by atoms with Crippen LogP contribution in [0, 0.1) is 0 Å². The first kappa shape index (κ1) is 18.0. The quantitative estimate of drug-likeness (QED) is 0.609. The molecular formula is C21H23NO4. The average Bonchev–Trinajstić information content (AvgIpc) is 3.01. The van der Waals surface area contributed by atoms with Gasteiger partial charge in [0.2, 0.25) is 0 Å². The van der Waals surface area contributed by atoms with Gasteiger partial charge in [0.1, 0.15) is 5.75 Å². The van der Waals surface area contributed by atoms with Gasteiger partial charge in [-0.2, -0.15) is 0 Å². The van der Waals surface area contributed by atoms with Crippen molar-refractivity contribution < 1.29 is 19.4 Å². The Morgan fingerprint density at radius 1 is 1.15 bits per heavy atom. The van der Waals surface area contributed by atoms with Crippen molar-refractivity contribution in [3.8, 4) is 5.75 Å². The molecule has 1 N–H and O–H groups in total. The highest BCUT2D eigenvalue weighted by Crippen LogP contribution is 2.38. The molecule has 0 amide bonds. The Kier molecular flexibility index (Phi) is 5.56. The Morgan fingerprint density at radius 3 is 2.62 bits per heavy atom. The van der Waals surface area contributed by atoms with Crippen molar-refractivity contribution >= 4 is 17.4 Å². The van der Waals surface area contributed by atoms with E-state index in [1.54, 1.807) is 19.1 Å². The highest BCUT2D eigenvalue weighted by Gasteiger charge is 2.33. The molecule has 2 aromatic carbocycles. The Hall–Kier alpha value is -2.82. The zero-order chi connectivity index (χ0) is 18.5. The number of anilines is 1. The molecule has 1 heterocycles. The first-order valence-electron chi connectivity index (χ1n) is 8.93. The second-order valence-electron chi connectivity index (χ2n) is 6.38. The molecule has 1 aliphatic heterocycles. The monoisotopic (exact) mass is 353 g/mol. The Labute approximate surface area is 153 Å². The van der Waals surface area contributed by atoms with Gasteiger partial charge in [0.05, 0.1) is 12.5 Å². The van der Waals surface area contributed by atoms with Crippen LogP contribution in [-0.4, -0.2) is 36.6 Å². The van der Waals surface area contributed by atoms with Crippen LogP contribution in [-0.2, 0) is 9.53 Å². The molecule has 0 radical (unpaired) electrons. The molecule has 3 rings (SSSR count). The summed E-state index contributed by atoms with van der Waals surface area (Å²) in [5.74, 6) is -0.227. The largest absolute Gasteiger partial charge is 0.508 e. The van der Waals surface area contributed by atoms with Crippen molar-refractivity contribution in [3.63, 3.8) is 0 Å². The van der Waals surface area contributed by atoms with Crippen LogP contribution in [0.3, 0.4) is 0 Å². The van der Waals surface area contributed by atoms with Gasteiger partial charge in [0, 0.05) is 30.8 Å². The molecule has 1 aliphatic rings. The number of fused-ring (bicyclic) bond motifs is 1. The van der Waals surface area contributed by atoms with Crippen LogP contribution in [0.25, 0.3) is 0 Å². The number of ketones is 1. The number of Topliss-reactive ketones (excluding diaryl/α,β-unsaturated/α-hetero) is 1. The summed E-state index contributed by atoms with van der Waals surface area (Å²) in [7, 11) is 0. The number of esters is 1. The number of carbonyl (C=O) groups is 2. The molecule has 0 saturated carbocycles. The van der Waals surface area contributed by atoms with Crippen molar-refractivity contribution in [1.82, 2.24) is 0 Å². The van der Waals surface area contributed by atoms with E-state index in [-0.39, 0.29) is 23.4 Å². The summed E-state index contributed by atoms with van der Waals surface area (Å²) in [6.45, 7) is 3.50. The topological polar surface area (TPSA) is 66.8 Å². The van der Waals surface area contributed by atoms with Crippen LogP contribution >= 0.6 is 0 Å². The molecule has 1 atom stereocenters. The van der Waals surface area contributed by atoms with Gasteiger partial charge in [-0.15, -0.1) is 0 Å². The lowest BCUT2D eigenvalue weighted by atomic mass is 9.92. The predicted octanol–water partition coefficient (Wildman–Crippen LogP) is 3.52. The number of ether oxygens (including phenoxy) is 1. The second kappa shape index (κ2) is 8.04. The number of aromatic hydroxyl groups is 1. The van der Waals surface area contributed by atoms with E-state index in [0.29, 0.717) is 38.1 Å². The fourth-order valence-electron chi connectivity index (χ4n) is 3.40. The van der Waals surface area contributed by atoms with Crippen molar-refractivity contribution in [3.05, 3.63) is 59.7 Å². The van der Waals surface area contributed by atoms with E-state index in [9.17, 15) is 14.7 Å². The number of nitrogens with zero attached hydrogens (tertiary/aromatic N) is 1. The minimum Gasteiger partial charge on any atom is -0.508 e. The van der Waals surface area contributed by atoms with E-state index >= 15 is 0 Å². The smallest absolute Gasteiger partial charge is 0.305 e. The number of phenolic OH excluding ortho intramolecular Hbond substituents is 1. The van der Waals surface area contributed by atoms with Crippen molar-refractivity contribution in [2.45, 2.75) is 25.7 Å². The van der Waals surface area contributed by atoms with Gasteiger partial charge in [-0.05, 0) is 49.2 Å². The maximum atomic E-state index is 13.0. The number of hydrogen-bond acceptors (Lipinski definition) is 5. The number of carbonyl (C=O) groups excluding carboxylic acids is 2.